The largest absolute Gasteiger partial charge is 0.480 e. The van der Waals surface area contributed by atoms with Crippen molar-refractivity contribution in [1.82, 2.24) is 15.1 Å². The normalized spacial score (nSPS) is 11.6. The van der Waals surface area contributed by atoms with Crippen LogP contribution in [0.2, 0.25) is 0 Å². The minimum atomic E-state index is -1.07. The van der Waals surface area contributed by atoms with E-state index in [0.717, 1.165) is 0 Å². The average molecular weight is 287 g/mol. The predicted molar refractivity (Wildman–Crippen MR) is 75.4 cm³/mol. The molecule has 0 radical (unpaired) electrons. The van der Waals surface area contributed by atoms with Crippen LogP contribution in [0.15, 0.2) is 0 Å². The zero-order chi connectivity index (χ0) is 15.7. The molecule has 0 saturated heterocycles. The van der Waals surface area contributed by atoms with Crippen LogP contribution in [0, 0.1) is 0 Å². The monoisotopic (exact) mass is 287 g/mol. The summed E-state index contributed by atoms with van der Waals surface area (Å²) in [5.74, 6) is -1.22. The number of urea groups is 1. The molecule has 0 aromatic rings. The quantitative estimate of drug-likeness (QED) is 0.689. The van der Waals surface area contributed by atoms with Crippen molar-refractivity contribution in [3.05, 3.63) is 0 Å². The van der Waals surface area contributed by atoms with Crippen LogP contribution >= 0.6 is 0 Å². The molecule has 2 N–H and O–H groups in total. The van der Waals surface area contributed by atoms with Gasteiger partial charge in [-0.15, -0.1) is 0 Å². The summed E-state index contributed by atoms with van der Waals surface area (Å²) >= 11 is 0. The van der Waals surface area contributed by atoms with Crippen molar-refractivity contribution in [1.29, 1.82) is 0 Å². The third-order valence-corrected chi connectivity index (χ3v) is 3.01. The van der Waals surface area contributed by atoms with Gasteiger partial charge in [-0.05, 0) is 20.3 Å². The van der Waals surface area contributed by atoms with Crippen molar-refractivity contribution in [2.45, 2.75) is 39.7 Å². The van der Waals surface area contributed by atoms with E-state index in [1.807, 2.05) is 20.8 Å². The standard InChI is InChI=1S/C13H25N3O4/c1-5-8-10(12(18)19)14-13(20)15(4)9-11(17)16(6-2)7-3/h10H,5-9H2,1-4H3,(H,14,20)(H,18,19)/t10-/m0/s1. The summed E-state index contributed by atoms with van der Waals surface area (Å²) in [6, 6.07) is -1.47. The number of carbonyl (C=O) groups excluding carboxylic acids is 2. The second kappa shape index (κ2) is 9.17. The molecular formula is C13H25N3O4. The van der Waals surface area contributed by atoms with Crippen LogP contribution in [-0.4, -0.2) is 65.5 Å². The van der Waals surface area contributed by atoms with Crippen molar-refractivity contribution in [2.24, 2.45) is 0 Å². The molecule has 116 valence electrons. The molecule has 0 aromatic carbocycles. The smallest absolute Gasteiger partial charge is 0.326 e. The maximum Gasteiger partial charge on any atom is 0.326 e. The highest BCUT2D eigenvalue weighted by Gasteiger charge is 2.22. The fraction of sp³-hybridized carbons (Fsp3) is 0.769. The summed E-state index contributed by atoms with van der Waals surface area (Å²) in [7, 11) is 1.47. The second-order valence-corrected chi connectivity index (χ2v) is 4.55. The molecule has 0 aliphatic rings. The lowest BCUT2D eigenvalue weighted by molar-refractivity contribution is -0.139. The van der Waals surface area contributed by atoms with E-state index in [9.17, 15) is 14.4 Å². The molecular weight excluding hydrogens is 262 g/mol. The van der Waals surface area contributed by atoms with Crippen molar-refractivity contribution < 1.29 is 19.5 Å². The molecule has 0 fully saturated rings. The highest BCUT2D eigenvalue weighted by molar-refractivity contribution is 5.86. The average Bonchev–Trinajstić information content (AvgIpc) is 2.39. The molecule has 3 amide bonds. The van der Waals surface area contributed by atoms with Gasteiger partial charge < -0.3 is 20.2 Å². The number of aliphatic carboxylic acids is 1. The number of hydrogen-bond acceptors (Lipinski definition) is 3. The van der Waals surface area contributed by atoms with Gasteiger partial charge in [0, 0.05) is 20.1 Å². The number of rotatable bonds is 8. The Morgan fingerprint density at radius 3 is 2.10 bits per heavy atom. The summed E-state index contributed by atoms with van der Waals surface area (Å²) < 4.78 is 0. The first-order chi connectivity index (χ1) is 9.37. The number of hydrogen-bond donors (Lipinski definition) is 2. The first-order valence-corrected chi connectivity index (χ1v) is 6.89. The van der Waals surface area contributed by atoms with Gasteiger partial charge in [0.25, 0.3) is 0 Å². The second-order valence-electron chi connectivity index (χ2n) is 4.55. The van der Waals surface area contributed by atoms with E-state index < -0.39 is 18.0 Å². The number of likely N-dealkylation sites (N-methyl/N-ethyl adjacent to an activating group) is 2. The molecule has 0 aliphatic heterocycles. The van der Waals surface area contributed by atoms with Crippen molar-refractivity contribution >= 4 is 17.9 Å². The molecule has 0 unspecified atom stereocenters. The molecule has 7 heteroatoms. The number of carbonyl (C=O) groups is 3. The van der Waals surface area contributed by atoms with E-state index in [2.05, 4.69) is 5.32 Å². The van der Waals surface area contributed by atoms with E-state index in [1.54, 1.807) is 4.90 Å². The minimum absolute atomic E-state index is 0.0635. The lowest BCUT2D eigenvalue weighted by atomic mass is 10.2. The molecule has 0 aromatic heterocycles. The molecule has 0 spiro atoms. The van der Waals surface area contributed by atoms with Crippen LogP contribution < -0.4 is 5.32 Å². The summed E-state index contributed by atoms with van der Waals surface area (Å²) in [6.45, 7) is 6.67. The number of nitrogens with zero attached hydrogens (tertiary/aromatic N) is 2. The van der Waals surface area contributed by atoms with Crippen molar-refractivity contribution in [3.8, 4) is 0 Å². The van der Waals surface area contributed by atoms with E-state index in [4.69, 9.17) is 5.11 Å². The van der Waals surface area contributed by atoms with Crippen molar-refractivity contribution in [2.75, 3.05) is 26.7 Å². The molecule has 0 rings (SSSR count). The van der Waals surface area contributed by atoms with Gasteiger partial charge in [-0.25, -0.2) is 9.59 Å². The van der Waals surface area contributed by atoms with Gasteiger partial charge >= 0.3 is 12.0 Å². The van der Waals surface area contributed by atoms with Gasteiger partial charge in [0.15, 0.2) is 0 Å². The molecule has 0 saturated carbocycles. The predicted octanol–water partition coefficient (Wildman–Crippen LogP) is 0.750. The Balaban J connectivity index is 4.47. The topological polar surface area (TPSA) is 90.0 Å². The summed E-state index contributed by atoms with van der Waals surface area (Å²) in [5.41, 5.74) is 0. The minimum Gasteiger partial charge on any atom is -0.480 e. The third kappa shape index (κ3) is 5.90. The van der Waals surface area contributed by atoms with Gasteiger partial charge in [-0.2, -0.15) is 0 Å². The molecule has 0 heterocycles. The Labute approximate surface area is 119 Å². The van der Waals surface area contributed by atoms with Gasteiger partial charge in [-0.1, -0.05) is 13.3 Å². The highest BCUT2D eigenvalue weighted by atomic mass is 16.4. The van der Waals surface area contributed by atoms with E-state index in [-0.39, 0.29) is 12.5 Å². The van der Waals surface area contributed by atoms with E-state index in [1.165, 1.54) is 11.9 Å². The summed E-state index contributed by atoms with van der Waals surface area (Å²) in [4.78, 5) is 37.5. The fourth-order valence-corrected chi connectivity index (χ4v) is 1.76. The zero-order valence-electron chi connectivity index (χ0n) is 12.7. The van der Waals surface area contributed by atoms with E-state index in [0.29, 0.717) is 25.9 Å². The van der Waals surface area contributed by atoms with Gasteiger partial charge in [0.05, 0.1) is 0 Å². The van der Waals surface area contributed by atoms with Crippen molar-refractivity contribution in [3.63, 3.8) is 0 Å². The summed E-state index contributed by atoms with van der Waals surface area (Å²) in [5, 5.41) is 11.4. The molecule has 1 atom stereocenters. The maximum absolute atomic E-state index is 11.9. The first-order valence-electron chi connectivity index (χ1n) is 6.89. The summed E-state index contributed by atoms with van der Waals surface area (Å²) in [6.07, 6.45) is 1.01. The molecule has 20 heavy (non-hydrogen) atoms. The van der Waals surface area contributed by atoms with E-state index >= 15 is 0 Å². The molecule has 0 bridgehead atoms. The maximum atomic E-state index is 11.9. The number of carboxylic acid groups (broad SMARTS) is 1. The Bertz CT molecular complexity index is 343. The van der Waals surface area contributed by atoms with Gasteiger partial charge in [-0.3, -0.25) is 4.79 Å². The SMILES string of the molecule is CCC[C@H](NC(=O)N(C)CC(=O)N(CC)CC)C(=O)O. The molecule has 7 nitrogen and oxygen atoms in total. The number of carboxylic acids is 1. The van der Waals surface area contributed by atoms with Gasteiger partial charge in [0.1, 0.15) is 12.6 Å². The third-order valence-electron chi connectivity index (χ3n) is 3.01. The van der Waals surface area contributed by atoms with Crippen LogP contribution in [0.4, 0.5) is 4.79 Å². The van der Waals surface area contributed by atoms with Crippen LogP contribution in [-0.2, 0) is 9.59 Å². The Hall–Kier alpha value is -1.79. The highest BCUT2D eigenvalue weighted by Crippen LogP contribution is 1.99. The lowest BCUT2D eigenvalue weighted by Gasteiger charge is -2.24. The Morgan fingerprint density at radius 2 is 1.70 bits per heavy atom. The van der Waals surface area contributed by atoms with Crippen LogP contribution in [0.25, 0.3) is 0 Å². The number of amides is 3. The molecule has 0 aliphatic carbocycles. The first kappa shape index (κ1) is 18.2. The zero-order valence-corrected chi connectivity index (χ0v) is 12.7. The number of nitrogens with one attached hydrogen (secondary N) is 1. The van der Waals surface area contributed by atoms with Crippen LogP contribution in [0.3, 0.4) is 0 Å². The van der Waals surface area contributed by atoms with Crippen LogP contribution in [0.5, 0.6) is 0 Å². The Kier molecular flexibility index (Phi) is 8.35. The van der Waals surface area contributed by atoms with Crippen LogP contribution in [0.1, 0.15) is 33.6 Å². The fourth-order valence-electron chi connectivity index (χ4n) is 1.76. The van der Waals surface area contributed by atoms with Gasteiger partial charge in [0.2, 0.25) is 5.91 Å². The Morgan fingerprint density at radius 1 is 1.15 bits per heavy atom. The lowest BCUT2D eigenvalue weighted by Crippen LogP contribution is -2.49.